The number of rotatable bonds is 10. The van der Waals surface area contributed by atoms with Crippen LogP contribution in [0.5, 0.6) is 0 Å². The number of hydrogen-bond donors (Lipinski definition) is 0. The monoisotopic (exact) mass is 338 g/mol. The molecule has 0 bridgehead atoms. The third kappa shape index (κ3) is 5.63. The van der Waals surface area contributed by atoms with Crippen molar-refractivity contribution < 1.29 is 28.8 Å². The Balaban J connectivity index is 0.00000576. The summed E-state index contributed by atoms with van der Waals surface area (Å²) in [6, 6.07) is 4.35. The van der Waals surface area contributed by atoms with Gasteiger partial charge in [0.2, 0.25) is 0 Å². The number of carbonyl (C=O) groups excluding carboxylic acids is 1. The van der Waals surface area contributed by atoms with E-state index in [1.165, 1.54) is 5.56 Å². The molecule has 0 aliphatic heterocycles. The van der Waals surface area contributed by atoms with E-state index in [9.17, 15) is 9.90 Å². The molecule has 0 saturated heterocycles. The maximum absolute atomic E-state index is 12.0. The number of carboxylic acid groups (broad SMARTS) is 1. The maximum atomic E-state index is 12.0. The number of carbonyl (C=O) groups is 1. The molecule has 0 aliphatic rings. The second-order valence-corrected chi connectivity index (χ2v) is 6.90. The molecular formula is C22H35LiO2. The third-order valence-corrected chi connectivity index (χ3v) is 5.73. The van der Waals surface area contributed by atoms with Crippen LogP contribution < -0.4 is 24.0 Å². The zero-order valence-electron chi connectivity index (χ0n) is 17.4. The van der Waals surface area contributed by atoms with Crippen LogP contribution in [0.15, 0.2) is 12.1 Å². The fourth-order valence-corrected chi connectivity index (χ4v) is 4.04. The number of hydrogen-bond acceptors (Lipinski definition) is 2. The van der Waals surface area contributed by atoms with Crippen molar-refractivity contribution in [2.45, 2.75) is 97.8 Å². The fraction of sp³-hybridized carbons (Fsp3) is 0.682. The van der Waals surface area contributed by atoms with Crippen LogP contribution in [-0.4, -0.2) is 5.97 Å². The summed E-state index contributed by atoms with van der Waals surface area (Å²) in [5.41, 5.74) is 3.80. The van der Waals surface area contributed by atoms with Gasteiger partial charge in [0.15, 0.2) is 0 Å². The average molecular weight is 338 g/mol. The molecule has 3 heteroatoms. The van der Waals surface area contributed by atoms with Crippen LogP contribution in [0.4, 0.5) is 0 Å². The molecule has 2 nitrogen and oxygen atoms in total. The Kier molecular flexibility index (Phi) is 11.5. The predicted octanol–water partition coefficient (Wildman–Crippen LogP) is 2.76. The summed E-state index contributed by atoms with van der Waals surface area (Å²) in [5, 5.41) is 12.0. The number of aromatic carboxylic acids is 1. The molecule has 0 aliphatic carbocycles. The van der Waals surface area contributed by atoms with Gasteiger partial charge in [0.1, 0.15) is 0 Å². The molecule has 1 rings (SSSR count). The molecule has 0 heterocycles. The third-order valence-electron chi connectivity index (χ3n) is 5.73. The molecule has 0 radical (unpaired) electrons. The standard InChI is InChI=1S/C22H36O2.Li/c1-7-15(8-2)18-13-19(16(9-3)10-4)21(22(23)24)20(14-18)17(11-5)12-6;/h13-17H,7-12H2,1-6H3,(H,23,24);/q;+1/p-1. The van der Waals surface area contributed by atoms with E-state index in [0.717, 1.165) is 49.7 Å². The molecule has 0 aromatic heterocycles. The first kappa shape index (κ1) is 24.3. The Labute approximate surface area is 167 Å². The minimum atomic E-state index is -1.00. The van der Waals surface area contributed by atoms with Gasteiger partial charge in [-0.15, -0.1) is 0 Å². The van der Waals surface area contributed by atoms with Crippen LogP contribution in [0.25, 0.3) is 0 Å². The van der Waals surface area contributed by atoms with E-state index < -0.39 is 5.97 Å². The van der Waals surface area contributed by atoms with Crippen LogP contribution in [0.1, 0.15) is 125 Å². The van der Waals surface area contributed by atoms with E-state index in [1.807, 2.05) is 0 Å². The molecule has 136 valence electrons. The molecule has 0 spiro atoms. The Hall–Kier alpha value is -0.713. The van der Waals surface area contributed by atoms with Crippen molar-refractivity contribution >= 4 is 5.97 Å². The van der Waals surface area contributed by atoms with E-state index in [0.29, 0.717) is 23.3 Å². The summed E-state index contributed by atoms with van der Waals surface area (Å²) in [6.45, 7) is 13.0. The molecule has 0 atom stereocenters. The van der Waals surface area contributed by atoms with Crippen LogP contribution in [0.2, 0.25) is 0 Å². The summed E-state index contributed by atoms with van der Waals surface area (Å²) < 4.78 is 0. The Morgan fingerprint density at radius 2 is 1.08 bits per heavy atom. The summed E-state index contributed by atoms with van der Waals surface area (Å²) in [5.74, 6) is 0.0811. The first-order valence-corrected chi connectivity index (χ1v) is 9.87. The minimum Gasteiger partial charge on any atom is -0.545 e. The van der Waals surface area contributed by atoms with Crippen molar-refractivity contribution in [1.82, 2.24) is 0 Å². The topological polar surface area (TPSA) is 40.1 Å². The quantitative estimate of drug-likeness (QED) is 0.616. The van der Waals surface area contributed by atoms with Crippen LogP contribution in [0.3, 0.4) is 0 Å². The Bertz CT molecular complexity index is 494. The van der Waals surface area contributed by atoms with Gasteiger partial charge < -0.3 is 9.90 Å². The van der Waals surface area contributed by atoms with Gasteiger partial charge >= 0.3 is 18.9 Å². The SMILES string of the molecule is CCC(CC)c1cc(C(CC)CC)c(C(=O)[O-])c(C(CC)CC)c1.[Li+]. The molecule has 0 fully saturated rings. The summed E-state index contributed by atoms with van der Waals surface area (Å²) in [7, 11) is 0. The van der Waals surface area contributed by atoms with E-state index in [4.69, 9.17) is 0 Å². The molecule has 0 unspecified atom stereocenters. The number of carboxylic acids is 1. The molecule has 25 heavy (non-hydrogen) atoms. The Morgan fingerprint density at radius 3 is 1.32 bits per heavy atom. The second kappa shape index (κ2) is 11.8. The van der Waals surface area contributed by atoms with Crippen molar-refractivity contribution in [3.05, 3.63) is 34.4 Å². The van der Waals surface area contributed by atoms with Gasteiger partial charge in [-0.25, -0.2) is 0 Å². The molecule has 1 aromatic rings. The smallest absolute Gasteiger partial charge is 0.545 e. The van der Waals surface area contributed by atoms with Crippen LogP contribution in [-0.2, 0) is 0 Å². The molecule has 0 saturated carbocycles. The maximum Gasteiger partial charge on any atom is 1.00 e. The van der Waals surface area contributed by atoms with Crippen LogP contribution >= 0.6 is 0 Å². The summed E-state index contributed by atoms with van der Waals surface area (Å²) in [4.78, 5) is 12.0. The Morgan fingerprint density at radius 1 is 0.760 bits per heavy atom. The van der Waals surface area contributed by atoms with Gasteiger partial charge in [0, 0.05) is 5.56 Å². The van der Waals surface area contributed by atoms with Crippen LogP contribution in [0, 0.1) is 0 Å². The van der Waals surface area contributed by atoms with Gasteiger partial charge in [-0.1, -0.05) is 53.7 Å². The fourth-order valence-electron chi connectivity index (χ4n) is 4.04. The van der Waals surface area contributed by atoms with Gasteiger partial charge in [-0.05, 0) is 73.0 Å². The van der Waals surface area contributed by atoms with E-state index in [-0.39, 0.29) is 18.9 Å². The van der Waals surface area contributed by atoms with Crippen molar-refractivity contribution in [2.24, 2.45) is 0 Å². The van der Waals surface area contributed by atoms with Gasteiger partial charge in [-0.3, -0.25) is 0 Å². The number of benzene rings is 1. The van der Waals surface area contributed by atoms with Crippen molar-refractivity contribution in [1.29, 1.82) is 0 Å². The zero-order valence-corrected chi connectivity index (χ0v) is 17.4. The average Bonchev–Trinajstić information content (AvgIpc) is 2.58. The van der Waals surface area contributed by atoms with E-state index in [1.54, 1.807) is 0 Å². The summed E-state index contributed by atoms with van der Waals surface area (Å²) >= 11 is 0. The normalized spacial score (nSPS) is 11.2. The molecule has 0 N–H and O–H groups in total. The second-order valence-electron chi connectivity index (χ2n) is 6.90. The van der Waals surface area contributed by atoms with Gasteiger partial charge in [-0.2, -0.15) is 0 Å². The zero-order chi connectivity index (χ0) is 18.3. The molecule has 1 aromatic carbocycles. The van der Waals surface area contributed by atoms with Crippen molar-refractivity contribution in [3.8, 4) is 0 Å². The largest absolute Gasteiger partial charge is 1.00 e. The molecular weight excluding hydrogens is 303 g/mol. The predicted molar refractivity (Wildman–Crippen MR) is 101 cm³/mol. The van der Waals surface area contributed by atoms with Gasteiger partial charge in [0.25, 0.3) is 0 Å². The molecule has 0 amide bonds. The van der Waals surface area contributed by atoms with Crippen molar-refractivity contribution in [2.75, 3.05) is 0 Å². The first-order chi connectivity index (χ1) is 11.5. The van der Waals surface area contributed by atoms with E-state index >= 15 is 0 Å². The first-order valence-electron chi connectivity index (χ1n) is 9.87. The van der Waals surface area contributed by atoms with Gasteiger partial charge in [0.05, 0.1) is 5.97 Å². The van der Waals surface area contributed by atoms with E-state index in [2.05, 4.69) is 53.7 Å². The minimum absolute atomic E-state index is 0. The summed E-state index contributed by atoms with van der Waals surface area (Å²) in [6.07, 6.45) is 6.03. The van der Waals surface area contributed by atoms with Crippen molar-refractivity contribution in [3.63, 3.8) is 0 Å².